The van der Waals surface area contributed by atoms with Crippen LogP contribution in [0.2, 0.25) is 5.02 Å². The summed E-state index contributed by atoms with van der Waals surface area (Å²) in [6.45, 7) is 9.92. The molecule has 5 rings (SSSR count). The van der Waals surface area contributed by atoms with Crippen molar-refractivity contribution in [3.05, 3.63) is 70.9 Å². The van der Waals surface area contributed by atoms with Gasteiger partial charge < -0.3 is 14.2 Å². The first-order valence-electron chi connectivity index (χ1n) is 12.0. The lowest BCUT2D eigenvalue weighted by Crippen LogP contribution is -2.37. The first-order chi connectivity index (χ1) is 16.1. The molecule has 0 radical (unpaired) electrons. The molecule has 2 atom stereocenters. The number of hydrogen-bond donors (Lipinski definition) is 0. The van der Waals surface area contributed by atoms with E-state index < -0.39 is 0 Å². The predicted octanol–water partition coefficient (Wildman–Crippen LogP) is 7.16. The summed E-state index contributed by atoms with van der Waals surface area (Å²) in [7, 11) is 1.67. The predicted molar refractivity (Wildman–Crippen MR) is 138 cm³/mol. The number of ether oxygens (including phenoxy) is 1. The third kappa shape index (κ3) is 4.02. The van der Waals surface area contributed by atoms with Gasteiger partial charge in [-0.15, -0.1) is 0 Å². The largest absolute Gasteiger partial charge is 0.497 e. The number of nitrogens with zero attached hydrogens (tertiary/aromatic N) is 2. The molecule has 1 aliphatic carbocycles. The van der Waals surface area contributed by atoms with Crippen LogP contribution in [0.3, 0.4) is 0 Å². The second kappa shape index (κ2) is 8.20. The monoisotopic (exact) mass is 476 g/mol. The standard InChI is InChI=1S/C29H33ClN2O2/c1-19-25(27(33)31-18-29(4)16-23(31)15-28(2,3)17-29)14-26(20-6-8-21(30)9-7-20)32(19)22-10-12-24(34-5)13-11-22/h6-14,23H,15-18H2,1-5H3. The van der Waals surface area contributed by atoms with E-state index >= 15 is 0 Å². The lowest BCUT2D eigenvalue weighted by molar-refractivity contribution is 0.0707. The number of amides is 1. The fraction of sp³-hybridized carbons (Fsp3) is 0.414. The van der Waals surface area contributed by atoms with E-state index in [9.17, 15) is 4.79 Å². The molecule has 1 aromatic heterocycles. The number of hydrogen-bond acceptors (Lipinski definition) is 2. The highest BCUT2D eigenvalue weighted by Crippen LogP contribution is 2.53. The van der Waals surface area contributed by atoms with E-state index in [0.29, 0.717) is 11.1 Å². The Morgan fingerprint density at radius 1 is 1.03 bits per heavy atom. The maximum atomic E-state index is 14.0. The molecule has 3 aromatic rings. The first kappa shape index (κ1) is 23.0. The second-order valence-electron chi connectivity index (χ2n) is 11.2. The van der Waals surface area contributed by atoms with Gasteiger partial charge in [-0.05, 0) is 85.0 Å². The fourth-order valence-corrected chi connectivity index (χ4v) is 6.70. The van der Waals surface area contributed by atoms with E-state index in [1.165, 1.54) is 6.42 Å². The maximum absolute atomic E-state index is 14.0. The zero-order valence-corrected chi connectivity index (χ0v) is 21.4. The number of fused-ring (bicyclic) bond motifs is 2. The van der Waals surface area contributed by atoms with E-state index in [2.05, 4.69) is 36.3 Å². The summed E-state index contributed by atoms with van der Waals surface area (Å²) in [6, 6.07) is 18.2. The van der Waals surface area contributed by atoms with Crippen molar-refractivity contribution in [2.75, 3.05) is 13.7 Å². The lowest BCUT2D eigenvalue weighted by atomic mass is 9.65. The van der Waals surface area contributed by atoms with E-state index in [1.807, 2.05) is 55.5 Å². The third-order valence-corrected chi connectivity index (χ3v) is 7.88. The van der Waals surface area contributed by atoms with Gasteiger partial charge in [0.2, 0.25) is 0 Å². The van der Waals surface area contributed by atoms with Crippen LogP contribution in [0.5, 0.6) is 5.75 Å². The smallest absolute Gasteiger partial charge is 0.255 e. The molecule has 2 heterocycles. The zero-order valence-electron chi connectivity index (χ0n) is 20.7. The summed E-state index contributed by atoms with van der Waals surface area (Å²) in [5.41, 5.74) is 5.20. The Bertz CT molecular complexity index is 1230. The van der Waals surface area contributed by atoms with Gasteiger partial charge in [0.15, 0.2) is 0 Å². The van der Waals surface area contributed by atoms with Gasteiger partial charge in [-0.2, -0.15) is 0 Å². The molecule has 5 heteroatoms. The molecule has 1 saturated heterocycles. The van der Waals surface area contributed by atoms with Crippen LogP contribution in [0.1, 0.15) is 56.1 Å². The SMILES string of the molecule is COc1ccc(-n2c(-c3ccc(Cl)cc3)cc(C(=O)N3CC4(C)CC3CC(C)(C)C4)c2C)cc1. The molecule has 1 aliphatic heterocycles. The molecule has 2 aromatic carbocycles. The minimum Gasteiger partial charge on any atom is -0.497 e. The summed E-state index contributed by atoms with van der Waals surface area (Å²) in [6.07, 6.45) is 3.34. The molecule has 2 unspecified atom stereocenters. The van der Waals surface area contributed by atoms with E-state index in [-0.39, 0.29) is 16.7 Å². The molecule has 0 spiro atoms. The minimum absolute atomic E-state index is 0.145. The van der Waals surface area contributed by atoms with Crippen molar-refractivity contribution in [2.45, 2.75) is 53.0 Å². The Morgan fingerprint density at radius 3 is 2.35 bits per heavy atom. The Kier molecular flexibility index (Phi) is 5.55. The van der Waals surface area contributed by atoms with Gasteiger partial charge in [0, 0.05) is 29.0 Å². The molecule has 1 amide bonds. The highest BCUT2D eigenvalue weighted by atomic mass is 35.5. The Labute approximate surface area is 207 Å². The van der Waals surface area contributed by atoms with Crippen LogP contribution in [0.4, 0.5) is 0 Å². The van der Waals surface area contributed by atoms with Crippen LogP contribution in [-0.4, -0.2) is 35.1 Å². The van der Waals surface area contributed by atoms with Crippen molar-refractivity contribution >= 4 is 17.5 Å². The number of carbonyl (C=O) groups excluding carboxylic acids is 1. The zero-order chi connectivity index (χ0) is 24.3. The van der Waals surface area contributed by atoms with Crippen LogP contribution in [0.15, 0.2) is 54.6 Å². The topological polar surface area (TPSA) is 34.5 Å². The number of benzene rings is 2. The van der Waals surface area contributed by atoms with Crippen LogP contribution >= 0.6 is 11.6 Å². The normalized spacial score (nSPS) is 23.2. The van der Waals surface area contributed by atoms with E-state index in [1.54, 1.807) is 7.11 Å². The van der Waals surface area contributed by atoms with E-state index in [0.717, 1.165) is 53.3 Å². The number of methoxy groups -OCH3 is 1. The number of rotatable bonds is 4. The van der Waals surface area contributed by atoms with Crippen molar-refractivity contribution in [1.82, 2.24) is 9.47 Å². The summed E-state index contributed by atoms with van der Waals surface area (Å²) >= 11 is 6.17. The summed E-state index contributed by atoms with van der Waals surface area (Å²) in [5.74, 6) is 0.949. The number of carbonyl (C=O) groups is 1. The molecular weight excluding hydrogens is 444 g/mol. The molecule has 4 nitrogen and oxygen atoms in total. The van der Waals surface area contributed by atoms with Crippen LogP contribution in [0.25, 0.3) is 16.9 Å². The van der Waals surface area contributed by atoms with E-state index in [4.69, 9.17) is 16.3 Å². The van der Waals surface area contributed by atoms with Crippen molar-refractivity contribution in [3.8, 4) is 22.7 Å². The Morgan fingerprint density at radius 2 is 1.71 bits per heavy atom. The molecule has 2 aliphatic rings. The van der Waals surface area contributed by atoms with Crippen LogP contribution in [0, 0.1) is 17.8 Å². The van der Waals surface area contributed by atoms with Gasteiger partial charge in [-0.25, -0.2) is 0 Å². The fourth-order valence-electron chi connectivity index (χ4n) is 6.57. The second-order valence-corrected chi connectivity index (χ2v) is 11.7. The third-order valence-electron chi connectivity index (χ3n) is 7.62. The molecule has 2 bridgehead atoms. The number of likely N-dealkylation sites (tertiary alicyclic amines) is 1. The maximum Gasteiger partial charge on any atom is 0.255 e. The summed E-state index contributed by atoms with van der Waals surface area (Å²) in [4.78, 5) is 16.2. The van der Waals surface area contributed by atoms with Crippen molar-refractivity contribution in [2.24, 2.45) is 10.8 Å². The van der Waals surface area contributed by atoms with Crippen molar-refractivity contribution < 1.29 is 9.53 Å². The average molecular weight is 477 g/mol. The molecule has 1 saturated carbocycles. The number of aromatic nitrogens is 1. The quantitative estimate of drug-likeness (QED) is 0.400. The van der Waals surface area contributed by atoms with Gasteiger partial charge in [0.25, 0.3) is 5.91 Å². The number of halogens is 1. The van der Waals surface area contributed by atoms with Crippen molar-refractivity contribution in [3.63, 3.8) is 0 Å². The van der Waals surface area contributed by atoms with Crippen LogP contribution in [-0.2, 0) is 0 Å². The average Bonchev–Trinajstić information content (AvgIpc) is 3.26. The van der Waals surface area contributed by atoms with Gasteiger partial charge in [-0.1, -0.05) is 44.5 Å². The minimum atomic E-state index is 0.145. The van der Waals surface area contributed by atoms with Gasteiger partial charge in [-0.3, -0.25) is 4.79 Å². The van der Waals surface area contributed by atoms with Crippen LogP contribution < -0.4 is 4.74 Å². The molecule has 0 N–H and O–H groups in total. The summed E-state index contributed by atoms with van der Waals surface area (Å²) in [5, 5.41) is 0.694. The van der Waals surface area contributed by atoms with Gasteiger partial charge in [0.05, 0.1) is 18.4 Å². The van der Waals surface area contributed by atoms with Gasteiger partial charge >= 0.3 is 0 Å². The molecule has 2 fully saturated rings. The highest BCUT2D eigenvalue weighted by molar-refractivity contribution is 6.30. The highest BCUT2D eigenvalue weighted by Gasteiger charge is 2.51. The first-order valence-corrected chi connectivity index (χ1v) is 12.4. The molecular formula is C29H33ClN2O2. The van der Waals surface area contributed by atoms with Crippen molar-refractivity contribution in [1.29, 1.82) is 0 Å². The Hall–Kier alpha value is -2.72. The Balaban J connectivity index is 1.59. The summed E-state index contributed by atoms with van der Waals surface area (Å²) < 4.78 is 7.53. The van der Waals surface area contributed by atoms with Gasteiger partial charge in [0.1, 0.15) is 5.75 Å². The molecule has 178 valence electrons. The lowest BCUT2D eigenvalue weighted by Gasteiger charge is -2.39. The molecule has 34 heavy (non-hydrogen) atoms.